The first-order chi connectivity index (χ1) is 9.08. The second-order valence-electron chi connectivity index (χ2n) is 4.94. The number of hydrogen-bond acceptors (Lipinski definition) is 3. The van der Waals surface area contributed by atoms with Crippen LogP contribution in [0.4, 0.5) is 4.39 Å². The zero-order chi connectivity index (χ0) is 13.8. The minimum absolute atomic E-state index is 0.105. The van der Waals surface area contributed by atoms with E-state index < -0.39 is 10.8 Å². The lowest BCUT2D eigenvalue weighted by Gasteiger charge is -2.20. The van der Waals surface area contributed by atoms with Crippen LogP contribution in [0.5, 0.6) is 5.75 Å². The van der Waals surface area contributed by atoms with Crippen LogP contribution in [0.2, 0.25) is 0 Å². The van der Waals surface area contributed by atoms with E-state index in [1.807, 2.05) is 6.92 Å². The average molecular weight is 285 g/mol. The van der Waals surface area contributed by atoms with E-state index in [2.05, 4.69) is 5.32 Å². The standard InChI is InChI=1S/C14H20FNO2S/c1-10(19(2)17)9-16-13-4-3-7-18-14-8-11(15)5-6-12(13)14/h5-6,8,10,13,16H,3-4,7,9H2,1-2H3. The Kier molecular flexibility index (Phi) is 4.93. The molecule has 1 N–H and O–H groups in total. The molecule has 1 aromatic carbocycles. The Morgan fingerprint density at radius 3 is 3.11 bits per heavy atom. The third kappa shape index (κ3) is 3.76. The van der Waals surface area contributed by atoms with E-state index in [4.69, 9.17) is 4.74 Å². The number of ether oxygens (including phenoxy) is 1. The summed E-state index contributed by atoms with van der Waals surface area (Å²) in [7, 11) is -0.834. The van der Waals surface area contributed by atoms with E-state index in [0.29, 0.717) is 18.9 Å². The molecule has 1 aliphatic rings. The maximum Gasteiger partial charge on any atom is 0.126 e. The van der Waals surface area contributed by atoms with Gasteiger partial charge in [0.2, 0.25) is 0 Å². The lowest BCUT2D eigenvalue weighted by Crippen LogP contribution is -2.30. The molecular formula is C14H20FNO2S. The van der Waals surface area contributed by atoms with E-state index in [1.165, 1.54) is 12.1 Å². The van der Waals surface area contributed by atoms with E-state index in [0.717, 1.165) is 18.4 Å². The second-order valence-corrected chi connectivity index (χ2v) is 6.74. The minimum atomic E-state index is -0.834. The van der Waals surface area contributed by atoms with Gasteiger partial charge in [-0.05, 0) is 25.8 Å². The van der Waals surface area contributed by atoms with Gasteiger partial charge in [-0.15, -0.1) is 0 Å². The van der Waals surface area contributed by atoms with Gasteiger partial charge in [0.15, 0.2) is 0 Å². The van der Waals surface area contributed by atoms with Crippen molar-refractivity contribution in [3.8, 4) is 5.75 Å². The lowest BCUT2D eigenvalue weighted by molar-refractivity contribution is 0.314. The second kappa shape index (κ2) is 6.48. The maximum atomic E-state index is 13.2. The molecule has 1 aromatic rings. The van der Waals surface area contributed by atoms with E-state index in [9.17, 15) is 8.60 Å². The van der Waals surface area contributed by atoms with Crippen LogP contribution in [0, 0.1) is 5.82 Å². The fourth-order valence-electron chi connectivity index (χ4n) is 2.18. The Bertz CT molecular complexity index is 467. The first kappa shape index (κ1) is 14.5. The molecule has 19 heavy (non-hydrogen) atoms. The molecule has 0 aromatic heterocycles. The van der Waals surface area contributed by atoms with Crippen LogP contribution in [-0.4, -0.2) is 28.9 Å². The summed E-state index contributed by atoms with van der Waals surface area (Å²) >= 11 is 0. The largest absolute Gasteiger partial charge is 0.493 e. The summed E-state index contributed by atoms with van der Waals surface area (Å²) in [5, 5.41) is 3.53. The molecule has 5 heteroatoms. The molecule has 3 atom stereocenters. The number of fused-ring (bicyclic) bond motifs is 1. The van der Waals surface area contributed by atoms with Crippen molar-refractivity contribution >= 4 is 10.8 Å². The highest BCUT2D eigenvalue weighted by Crippen LogP contribution is 2.31. The van der Waals surface area contributed by atoms with Gasteiger partial charge in [0, 0.05) is 46.5 Å². The van der Waals surface area contributed by atoms with Crippen molar-refractivity contribution in [3.05, 3.63) is 29.6 Å². The molecule has 0 saturated heterocycles. The third-order valence-electron chi connectivity index (χ3n) is 3.46. The number of benzene rings is 1. The maximum absolute atomic E-state index is 13.2. The van der Waals surface area contributed by atoms with Crippen molar-refractivity contribution in [2.24, 2.45) is 0 Å². The Morgan fingerprint density at radius 1 is 1.58 bits per heavy atom. The van der Waals surface area contributed by atoms with Crippen LogP contribution < -0.4 is 10.1 Å². The van der Waals surface area contributed by atoms with Crippen molar-refractivity contribution < 1.29 is 13.3 Å². The molecule has 1 aliphatic heterocycles. The Hall–Kier alpha value is -0.940. The van der Waals surface area contributed by atoms with Gasteiger partial charge in [0.25, 0.3) is 0 Å². The van der Waals surface area contributed by atoms with Gasteiger partial charge in [0.05, 0.1) is 6.61 Å². The normalized spacial score (nSPS) is 21.9. The van der Waals surface area contributed by atoms with Crippen LogP contribution in [0.15, 0.2) is 18.2 Å². The predicted molar refractivity (Wildman–Crippen MR) is 75.4 cm³/mol. The first-order valence-corrected chi connectivity index (χ1v) is 8.18. The summed E-state index contributed by atoms with van der Waals surface area (Å²) in [4.78, 5) is 0. The minimum Gasteiger partial charge on any atom is -0.493 e. The molecule has 2 rings (SSSR count). The molecule has 0 fully saturated rings. The SMILES string of the molecule is CC(CNC1CCCOc2cc(F)ccc21)S(C)=O. The summed E-state index contributed by atoms with van der Waals surface area (Å²) < 4.78 is 30.2. The van der Waals surface area contributed by atoms with Gasteiger partial charge in [-0.2, -0.15) is 0 Å². The lowest BCUT2D eigenvalue weighted by atomic mass is 10.0. The number of nitrogens with one attached hydrogen (secondary N) is 1. The number of rotatable bonds is 4. The molecule has 106 valence electrons. The Morgan fingerprint density at radius 2 is 2.37 bits per heavy atom. The van der Waals surface area contributed by atoms with Crippen LogP contribution in [0.1, 0.15) is 31.4 Å². The van der Waals surface area contributed by atoms with Gasteiger partial charge < -0.3 is 10.1 Å². The van der Waals surface area contributed by atoms with Crippen molar-refractivity contribution in [1.29, 1.82) is 0 Å². The van der Waals surface area contributed by atoms with E-state index >= 15 is 0 Å². The highest BCUT2D eigenvalue weighted by molar-refractivity contribution is 7.84. The van der Waals surface area contributed by atoms with Crippen LogP contribution >= 0.6 is 0 Å². The Labute approximate surface area is 116 Å². The van der Waals surface area contributed by atoms with Crippen LogP contribution in [0.3, 0.4) is 0 Å². The Balaban J connectivity index is 2.11. The number of hydrogen-bond donors (Lipinski definition) is 1. The monoisotopic (exact) mass is 285 g/mol. The highest BCUT2D eigenvalue weighted by Gasteiger charge is 2.20. The van der Waals surface area contributed by atoms with E-state index in [1.54, 1.807) is 12.3 Å². The van der Waals surface area contributed by atoms with Crippen LogP contribution in [-0.2, 0) is 10.8 Å². The molecule has 0 saturated carbocycles. The fourth-order valence-corrected chi connectivity index (χ4v) is 2.51. The van der Waals surface area contributed by atoms with Crippen molar-refractivity contribution in [2.75, 3.05) is 19.4 Å². The molecule has 3 nitrogen and oxygen atoms in total. The summed E-state index contributed by atoms with van der Waals surface area (Å²) in [5.74, 6) is 0.350. The van der Waals surface area contributed by atoms with Crippen LogP contribution in [0.25, 0.3) is 0 Å². The van der Waals surface area contributed by atoms with Crippen molar-refractivity contribution in [1.82, 2.24) is 5.32 Å². The first-order valence-electron chi connectivity index (χ1n) is 6.56. The van der Waals surface area contributed by atoms with E-state index in [-0.39, 0.29) is 17.1 Å². The molecule has 0 spiro atoms. The van der Waals surface area contributed by atoms with Gasteiger partial charge in [0.1, 0.15) is 11.6 Å². The predicted octanol–water partition coefficient (Wildman–Crippen LogP) is 2.40. The average Bonchev–Trinajstić information content (AvgIpc) is 2.57. The van der Waals surface area contributed by atoms with Crippen molar-refractivity contribution in [2.45, 2.75) is 31.1 Å². The summed E-state index contributed by atoms with van der Waals surface area (Å²) in [6.07, 6.45) is 3.59. The summed E-state index contributed by atoms with van der Waals surface area (Å²) in [5.41, 5.74) is 0.994. The molecule has 1 heterocycles. The smallest absolute Gasteiger partial charge is 0.126 e. The van der Waals surface area contributed by atoms with Gasteiger partial charge in [-0.1, -0.05) is 6.07 Å². The highest BCUT2D eigenvalue weighted by atomic mass is 32.2. The zero-order valence-corrected chi connectivity index (χ0v) is 12.1. The quantitative estimate of drug-likeness (QED) is 0.923. The molecule has 3 unspecified atom stereocenters. The topological polar surface area (TPSA) is 38.3 Å². The van der Waals surface area contributed by atoms with Gasteiger partial charge in [-0.25, -0.2) is 4.39 Å². The molecular weight excluding hydrogens is 265 g/mol. The molecule has 0 amide bonds. The third-order valence-corrected chi connectivity index (χ3v) is 4.76. The molecule has 0 aliphatic carbocycles. The molecule has 0 radical (unpaired) electrons. The van der Waals surface area contributed by atoms with Crippen molar-refractivity contribution in [3.63, 3.8) is 0 Å². The van der Waals surface area contributed by atoms with Gasteiger partial charge >= 0.3 is 0 Å². The fraction of sp³-hybridized carbons (Fsp3) is 0.571. The number of halogens is 1. The summed E-state index contributed by atoms with van der Waals surface area (Å²) in [6, 6.07) is 4.82. The van der Waals surface area contributed by atoms with Gasteiger partial charge in [-0.3, -0.25) is 4.21 Å². The zero-order valence-electron chi connectivity index (χ0n) is 11.3. The molecule has 0 bridgehead atoms. The summed E-state index contributed by atoms with van der Waals surface area (Å²) in [6.45, 7) is 3.26.